The van der Waals surface area contributed by atoms with E-state index >= 15 is 0 Å². The van der Waals surface area contributed by atoms with Crippen LogP contribution >= 0.6 is 0 Å². The van der Waals surface area contributed by atoms with Crippen molar-refractivity contribution in [3.63, 3.8) is 0 Å². The van der Waals surface area contributed by atoms with Gasteiger partial charge in [0.15, 0.2) is 11.6 Å². The molecule has 0 bridgehead atoms. The number of allylic oxidation sites excluding steroid dienone is 2. The van der Waals surface area contributed by atoms with Crippen LogP contribution in [0.4, 0.5) is 8.78 Å². The van der Waals surface area contributed by atoms with Gasteiger partial charge in [0.05, 0.1) is 5.41 Å². The highest BCUT2D eigenvalue weighted by molar-refractivity contribution is 5.96. The molecule has 0 fully saturated rings. The van der Waals surface area contributed by atoms with E-state index in [0.717, 1.165) is 6.07 Å². The Labute approximate surface area is 119 Å². The molecule has 0 saturated heterocycles. The number of carbonyl (C=O) groups is 2. The minimum absolute atomic E-state index is 0.0422. The van der Waals surface area contributed by atoms with Gasteiger partial charge < -0.3 is 10.2 Å². The van der Waals surface area contributed by atoms with E-state index in [4.69, 9.17) is 5.11 Å². The van der Waals surface area contributed by atoms with Crippen molar-refractivity contribution in [1.29, 1.82) is 0 Å². The summed E-state index contributed by atoms with van der Waals surface area (Å²) in [4.78, 5) is 22.5. The molecule has 1 aromatic carbocycles. The number of benzene rings is 1. The van der Waals surface area contributed by atoms with Crippen LogP contribution in [0.3, 0.4) is 0 Å². The highest BCUT2D eigenvalue weighted by atomic mass is 19.2. The minimum atomic E-state index is -1.49. The average molecular weight is 294 g/mol. The zero-order valence-electron chi connectivity index (χ0n) is 11.1. The maximum atomic E-state index is 13.8. The topological polar surface area (TPSA) is 74.6 Å². The van der Waals surface area contributed by atoms with Crippen LogP contribution in [0.2, 0.25) is 0 Å². The zero-order valence-corrected chi connectivity index (χ0v) is 11.1. The molecule has 4 nitrogen and oxygen atoms in total. The first kappa shape index (κ1) is 14.9. The summed E-state index contributed by atoms with van der Waals surface area (Å²) < 4.78 is 27.1. The molecule has 1 aromatic rings. The Kier molecular flexibility index (Phi) is 3.63. The van der Waals surface area contributed by atoms with Gasteiger partial charge in [0.2, 0.25) is 0 Å². The monoisotopic (exact) mass is 294 g/mol. The Morgan fingerprint density at radius 3 is 2.48 bits per heavy atom. The smallest absolute Gasteiger partial charge is 0.331 e. The first-order valence-corrected chi connectivity index (χ1v) is 6.09. The van der Waals surface area contributed by atoms with Gasteiger partial charge in [-0.25, -0.2) is 13.6 Å². The van der Waals surface area contributed by atoms with Crippen molar-refractivity contribution in [1.82, 2.24) is 0 Å². The van der Waals surface area contributed by atoms with Crippen LogP contribution in [0, 0.1) is 17.0 Å². The number of halogens is 2. The van der Waals surface area contributed by atoms with E-state index < -0.39 is 29.0 Å². The van der Waals surface area contributed by atoms with E-state index in [0.29, 0.717) is 0 Å². The standard InChI is InChI=1S/C15H12F2O4/c1-15(14(20)21)6-8(5-9(7-15)13(18)19)10-3-2-4-11(16)12(10)17/h2-6H,7H2,1H3,(H,18,19)(H,20,21). The lowest BCUT2D eigenvalue weighted by atomic mass is 9.76. The molecule has 0 aromatic heterocycles. The van der Waals surface area contributed by atoms with E-state index in [-0.39, 0.29) is 23.1 Å². The predicted molar refractivity (Wildman–Crippen MR) is 70.4 cm³/mol. The summed E-state index contributed by atoms with van der Waals surface area (Å²) >= 11 is 0. The Bertz CT molecular complexity index is 691. The average Bonchev–Trinajstić information content (AvgIpc) is 2.41. The van der Waals surface area contributed by atoms with E-state index in [2.05, 4.69) is 0 Å². The van der Waals surface area contributed by atoms with Crippen molar-refractivity contribution in [3.8, 4) is 0 Å². The third kappa shape index (κ3) is 2.69. The molecule has 110 valence electrons. The Balaban J connectivity index is 2.63. The van der Waals surface area contributed by atoms with Crippen LogP contribution in [0.5, 0.6) is 0 Å². The van der Waals surface area contributed by atoms with Gasteiger partial charge in [-0.3, -0.25) is 4.79 Å². The second kappa shape index (κ2) is 5.12. The van der Waals surface area contributed by atoms with Gasteiger partial charge in [-0.1, -0.05) is 18.2 Å². The summed E-state index contributed by atoms with van der Waals surface area (Å²) in [7, 11) is 0. The van der Waals surface area contributed by atoms with Crippen molar-refractivity contribution in [2.24, 2.45) is 5.41 Å². The number of aliphatic carboxylic acids is 2. The number of carboxylic acid groups (broad SMARTS) is 2. The highest BCUT2D eigenvalue weighted by Crippen LogP contribution is 2.38. The van der Waals surface area contributed by atoms with Gasteiger partial charge in [0.1, 0.15) is 0 Å². The third-order valence-corrected chi connectivity index (χ3v) is 3.39. The molecule has 0 aliphatic heterocycles. The van der Waals surface area contributed by atoms with Crippen LogP contribution < -0.4 is 0 Å². The quantitative estimate of drug-likeness (QED) is 0.899. The molecule has 0 spiro atoms. The molecular formula is C15H12F2O4. The summed E-state index contributed by atoms with van der Waals surface area (Å²) in [6.45, 7) is 1.34. The van der Waals surface area contributed by atoms with Crippen molar-refractivity contribution < 1.29 is 28.6 Å². The lowest BCUT2D eigenvalue weighted by Crippen LogP contribution is -2.29. The summed E-state index contributed by atoms with van der Waals surface area (Å²) in [6, 6.07) is 3.48. The van der Waals surface area contributed by atoms with E-state index in [1.54, 1.807) is 0 Å². The fourth-order valence-electron chi connectivity index (χ4n) is 2.23. The molecule has 2 N–H and O–H groups in total. The first-order valence-electron chi connectivity index (χ1n) is 6.09. The molecule has 2 rings (SSSR count). The van der Waals surface area contributed by atoms with E-state index in [1.807, 2.05) is 0 Å². The molecular weight excluding hydrogens is 282 g/mol. The van der Waals surface area contributed by atoms with Crippen molar-refractivity contribution in [3.05, 3.63) is 53.1 Å². The number of carboxylic acids is 2. The Morgan fingerprint density at radius 2 is 1.90 bits per heavy atom. The van der Waals surface area contributed by atoms with Crippen LogP contribution in [0.25, 0.3) is 5.57 Å². The number of rotatable bonds is 3. The number of hydrogen-bond acceptors (Lipinski definition) is 2. The summed E-state index contributed by atoms with van der Waals surface area (Å²) in [6.07, 6.45) is 2.20. The van der Waals surface area contributed by atoms with Crippen LogP contribution in [-0.2, 0) is 9.59 Å². The summed E-state index contributed by atoms with van der Waals surface area (Å²) in [5, 5.41) is 18.3. The summed E-state index contributed by atoms with van der Waals surface area (Å²) in [5.74, 6) is -4.74. The fraction of sp³-hybridized carbons (Fsp3) is 0.200. The molecule has 1 aliphatic rings. The SMILES string of the molecule is CC1(C(=O)O)C=C(c2cccc(F)c2F)C=C(C(=O)O)C1. The first-order chi connectivity index (χ1) is 9.74. The summed E-state index contributed by atoms with van der Waals surface area (Å²) in [5.41, 5.74) is -1.78. The highest BCUT2D eigenvalue weighted by Gasteiger charge is 2.37. The molecule has 6 heteroatoms. The molecule has 0 radical (unpaired) electrons. The second-order valence-corrected chi connectivity index (χ2v) is 5.08. The van der Waals surface area contributed by atoms with Crippen LogP contribution in [0.15, 0.2) is 35.9 Å². The largest absolute Gasteiger partial charge is 0.481 e. The lowest BCUT2D eigenvalue weighted by molar-refractivity contribution is -0.145. The normalized spacial score (nSPS) is 21.5. The van der Waals surface area contributed by atoms with Gasteiger partial charge in [-0.2, -0.15) is 0 Å². The molecule has 1 aliphatic carbocycles. The molecule has 0 saturated carbocycles. The van der Waals surface area contributed by atoms with Gasteiger partial charge in [-0.05, 0) is 31.1 Å². The molecule has 0 amide bonds. The van der Waals surface area contributed by atoms with Crippen molar-refractivity contribution in [2.75, 3.05) is 0 Å². The fourth-order valence-corrected chi connectivity index (χ4v) is 2.23. The van der Waals surface area contributed by atoms with Crippen LogP contribution in [-0.4, -0.2) is 22.2 Å². The minimum Gasteiger partial charge on any atom is -0.481 e. The van der Waals surface area contributed by atoms with Gasteiger partial charge in [0.25, 0.3) is 0 Å². The maximum absolute atomic E-state index is 13.8. The molecule has 1 atom stereocenters. The predicted octanol–water partition coefficient (Wildman–Crippen LogP) is 2.85. The number of hydrogen-bond donors (Lipinski definition) is 2. The third-order valence-electron chi connectivity index (χ3n) is 3.39. The van der Waals surface area contributed by atoms with E-state index in [9.17, 15) is 23.5 Å². The molecule has 1 unspecified atom stereocenters. The Morgan fingerprint density at radius 1 is 1.24 bits per heavy atom. The zero-order chi connectivity index (χ0) is 15.8. The molecule has 21 heavy (non-hydrogen) atoms. The second-order valence-electron chi connectivity index (χ2n) is 5.08. The molecule has 0 heterocycles. The van der Waals surface area contributed by atoms with Crippen LogP contribution in [0.1, 0.15) is 18.9 Å². The van der Waals surface area contributed by atoms with Gasteiger partial charge in [0, 0.05) is 11.1 Å². The van der Waals surface area contributed by atoms with Gasteiger partial charge in [-0.15, -0.1) is 0 Å². The maximum Gasteiger partial charge on any atom is 0.331 e. The van der Waals surface area contributed by atoms with Crippen molar-refractivity contribution in [2.45, 2.75) is 13.3 Å². The Hall–Kier alpha value is -2.50. The lowest BCUT2D eigenvalue weighted by Gasteiger charge is -2.26. The van der Waals surface area contributed by atoms with E-state index in [1.165, 1.54) is 31.2 Å². The van der Waals surface area contributed by atoms with Gasteiger partial charge >= 0.3 is 11.9 Å². The van der Waals surface area contributed by atoms with Crippen molar-refractivity contribution >= 4 is 17.5 Å².